The smallest absolute Gasteiger partial charge is 0.323 e. The number of hydrogen-bond donors (Lipinski definition) is 2. The molecule has 1 fully saturated rings. The Labute approximate surface area is 111 Å². The highest BCUT2D eigenvalue weighted by molar-refractivity contribution is 5.89. The van der Waals surface area contributed by atoms with Crippen molar-refractivity contribution in [3.05, 3.63) is 0 Å². The van der Waals surface area contributed by atoms with Gasteiger partial charge in [-0.25, -0.2) is 4.79 Å². The predicted molar refractivity (Wildman–Crippen MR) is 67.2 cm³/mol. The molecule has 1 aliphatic rings. The molecule has 0 saturated carbocycles. The van der Waals surface area contributed by atoms with Crippen LogP contribution in [0.4, 0.5) is 4.79 Å². The van der Waals surface area contributed by atoms with Crippen LogP contribution in [0.5, 0.6) is 0 Å². The van der Waals surface area contributed by atoms with E-state index in [1.165, 1.54) is 4.90 Å². The zero-order chi connectivity index (χ0) is 14.4. The van der Waals surface area contributed by atoms with Crippen LogP contribution in [0, 0.1) is 12.3 Å². The molecule has 0 aromatic rings. The van der Waals surface area contributed by atoms with Crippen LogP contribution < -0.4 is 5.32 Å². The van der Waals surface area contributed by atoms with Gasteiger partial charge in [0.2, 0.25) is 5.91 Å². The Kier molecular flexibility index (Phi) is 5.18. The fourth-order valence-electron chi connectivity index (χ4n) is 2.00. The summed E-state index contributed by atoms with van der Waals surface area (Å²) in [6.07, 6.45) is 5.60. The highest BCUT2D eigenvalue weighted by atomic mass is 16.4. The van der Waals surface area contributed by atoms with Crippen LogP contribution in [-0.2, 0) is 9.59 Å². The minimum Gasteiger partial charge on any atom is -0.480 e. The van der Waals surface area contributed by atoms with E-state index in [4.69, 9.17) is 11.5 Å². The maximum Gasteiger partial charge on any atom is 0.323 e. The van der Waals surface area contributed by atoms with Crippen LogP contribution in [0.2, 0.25) is 0 Å². The van der Waals surface area contributed by atoms with Gasteiger partial charge in [-0.05, 0) is 6.42 Å². The Hall–Kier alpha value is -2.23. The fraction of sp³-hybridized carbons (Fsp3) is 0.583. The molecule has 0 aromatic carbocycles. The lowest BCUT2D eigenvalue weighted by molar-refractivity contribution is -0.137. The first-order valence-corrected chi connectivity index (χ1v) is 5.99. The topological polar surface area (TPSA) is 90.0 Å². The minimum atomic E-state index is -1.14. The summed E-state index contributed by atoms with van der Waals surface area (Å²) in [6, 6.07) is -1.09. The van der Waals surface area contributed by atoms with Gasteiger partial charge in [-0.15, -0.1) is 6.42 Å². The first-order valence-electron chi connectivity index (χ1n) is 5.99. The van der Waals surface area contributed by atoms with Gasteiger partial charge in [-0.2, -0.15) is 0 Å². The van der Waals surface area contributed by atoms with Crippen molar-refractivity contribution in [2.75, 3.05) is 26.2 Å². The van der Waals surface area contributed by atoms with Crippen molar-refractivity contribution in [1.29, 1.82) is 0 Å². The maximum atomic E-state index is 12.3. The van der Waals surface area contributed by atoms with Crippen LogP contribution in [-0.4, -0.2) is 65.0 Å². The molecule has 19 heavy (non-hydrogen) atoms. The number of carboxylic acids is 1. The summed E-state index contributed by atoms with van der Waals surface area (Å²) < 4.78 is 0. The van der Waals surface area contributed by atoms with Crippen LogP contribution in [0.25, 0.3) is 0 Å². The summed E-state index contributed by atoms with van der Waals surface area (Å²) in [5.74, 6) is 0.887. The molecule has 1 rings (SSSR count). The summed E-state index contributed by atoms with van der Waals surface area (Å²) in [4.78, 5) is 37.1. The van der Waals surface area contributed by atoms with Crippen LogP contribution in [0.3, 0.4) is 0 Å². The molecule has 1 aliphatic heterocycles. The molecule has 3 amide bonds. The lowest BCUT2D eigenvalue weighted by atomic mass is 10.1. The monoisotopic (exact) mass is 267 g/mol. The van der Waals surface area contributed by atoms with Crippen molar-refractivity contribution in [1.82, 2.24) is 15.1 Å². The maximum absolute atomic E-state index is 12.3. The van der Waals surface area contributed by atoms with Gasteiger partial charge in [0.1, 0.15) is 12.6 Å². The Morgan fingerprint density at radius 3 is 2.84 bits per heavy atom. The van der Waals surface area contributed by atoms with Crippen LogP contribution in [0.1, 0.15) is 13.3 Å². The standard InChI is InChI=1S/C12H17N3O4/c1-3-6-14(8-10(16)17)12(19)15-7-5-13-11(18)9(15)4-2/h1,9H,4-8H2,2H3,(H,13,18)(H,16,17). The Bertz CT molecular complexity index is 416. The van der Waals surface area contributed by atoms with Gasteiger partial charge < -0.3 is 20.2 Å². The normalized spacial score (nSPS) is 18.4. The third-order valence-electron chi connectivity index (χ3n) is 2.84. The number of amides is 3. The Morgan fingerprint density at radius 1 is 1.63 bits per heavy atom. The Balaban J connectivity index is 2.85. The Morgan fingerprint density at radius 2 is 2.32 bits per heavy atom. The lowest BCUT2D eigenvalue weighted by Gasteiger charge is -2.37. The number of rotatable bonds is 4. The van der Waals surface area contributed by atoms with Crippen molar-refractivity contribution in [3.8, 4) is 12.3 Å². The van der Waals surface area contributed by atoms with E-state index >= 15 is 0 Å². The number of nitrogens with one attached hydrogen (secondary N) is 1. The van der Waals surface area contributed by atoms with Crippen molar-refractivity contribution in [3.63, 3.8) is 0 Å². The van der Waals surface area contributed by atoms with Crippen molar-refractivity contribution in [2.24, 2.45) is 0 Å². The minimum absolute atomic E-state index is 0.0975. The van der Waals surface area contributed by atoms with Crippen molar-refractivity contribution < 1.29 is 19.5 Å². The average Bonchev–Trinajstić information content (AvgIpc) is 2.36. The van der Waals surface area contributed by atoms with E-state index in [2.05, 4.69) is 11.2 Å². The number of piperazine rings is 1. The van der Waals surface area contributed by atoms with Gasteiger partial charge >= 0.3 is 12.0 Å². The summed E-state index contributed by atoms with van der Waals surface area (Å²) in [7, 11) is 0. The van der Waals surface area contributed by atoms with E-state index in [1.807, 2.05) is 0 Å². The molecule has 2 N–H and O–H groups in total. The van der Waals surface area contributed by atoms with E-state index in [0.29, 0.717) is 19.5 Å². The highest BCUT2D eigenvalue weighted by Gasteiger charge is 2.34. The van der Waals surface area contributed by atoms with E-state index in [9.17, 15) is 14.4 Å². The summed E-state index contributed by atoms with van der Waals surface area (Å²) in [5, 5.41) is 11.4. The van der Waals surface area contributed by atoms with Gasteiger partial charge in [0.25, 0.3) is 0 Å². The molecule has 0 spiro atoms. The first-order chi connectivity index (χ1) is 9.01. The highest BCUT2D eigenvalue weighted by Crippen LogP contribution is 2.11. The van der Waals surface area contributed by atoms with Crippen LogP contribution in [0.15, 0.2) is 0 Å². The summed E-state index contributed by atoms with van der Waals surface area (Å²) >= 11 is 0. The zero-order valence-corrected chi connectivity index (χ0v) is 10.8. The quantitative estimate of drug-likeness (QED) is 0.661. The summed E-state index contributed by atoms with van der Waals surface area (Å²) in [6.45, 7) is 1.93. The van der Waals surface area contributed by atoms with E-state index in [1.54, 1.807) is 6.92 Å². The van der Waals surface area contributed by atoms with E-state index in [-0.39, 0.29) is 12.5 Å². The second-order valence-corrected chi connectivity index (χ2v) is 4.14. The molecule has 0 aromatic heterocycles. The van der Waals surface area contributed by atoms with Gasteiger partial charge in [-0.1, -0.05) is 12.8 Å². The first kappa shape index (κ1) is 14.8. The van der Waals surface area contributed by atoms with Gasteiger partial charge in [0.05, 0.1) is 6.54 Å². The lowest BCUT2D eigenvalue weighted by Crippen LogP contribution is -2.60. The van der Waals surface area contributed by atoms with E-state index in [0.717, 1.165) is 4.90 Å². The molecule has 104 valence electrons. The molecule has 7 heteroatoms. The molecular formula is C12H17N3O4. The number of terminal acetylenes is 1. The molecule has 0 aliphatic carbocycles. The molecule has 1 atom stereocenters. The molecule has 7 nitrogen and oxygen atoms in total. The van der Waals surface area contributed by atoms with Crippen molar-refractivity contribution >= 4 is 17.9 Å². The number of nitrogens with zero attached hydrogens (tertiary/aromatic N) is 2. The zero-order valence-electron chi connectivity index (χ0n) is 10.8. The molecule has 1 saturated heterocycles. The van der Waals surface area contributed by atoms with Gasteiger partial charge in [0.15, 0.2) is 0 Å². The number of carbonyl (C=O) groups is 3. The largest absolute Gasteiger partial charge is 0.480 e. The third-order valence-corrected chi connectivity index (χ3v) is 2.84. The second-order valence-electron chi connectivity index (χ2n) is 4.14. The second kappa shape index (κ2) is 6.64. The molecule has 1 unspecified atom stereocenters. The number of hydrogen-bond acceptors (Lipinski definition) is 3. The number of carboxylic acid groups (broad SMARTS) is 1. The van der Waals surface area contributed by atoms with E-state index < -0.39 is 24.6 Å². The number of carbonyl (C=O) groups excluding carboxylic acids is 2. The summed E-state index contributed by atoms with van der Waals surface area (Å²) in [5.41, 5.74) is 0. The molecule has 1 heterocycles. The molecule has 0 bridgehead atoms. The molecule has 0 radical (unpaired) electrons. The molecular weight excluding hydrogens is 250 g/mol. The third kappa shape index (κ3) is 3.61. The van der Waals surface area contributed by atoms with Gasteiger partial charge in [-0.3, -0.25) is 9.59 Å². The average molecular weight is 267 g/mol. The predicted octanol–water partition coefficient (Wildman–Crippen LogP) is -0.663. The SMILES string of the molecule is C#CCN(CC(=O)O)C(=O)N1CCNC(=O)C1CC. The fourth-order valence-corrected chi connectivity index (χ4v) is 2.00. The van der Waals surface area contributed by atoms with Crippen molar-refractivity contribution in [2.45, 2.75) is 19.4 Å². The van der Waals surface area contributed by atoms with Crippen LogP contribution >= 0.6 is 0 Å². The van der Waals surface area contributed by atoms with Gasteiger partial charge in [0, 0.05) is 13.1 Å². The number of aliphatic carboxylic acids is 1. The number of urea groups is 1.